The molecule has 1 aliphatic rings. The quantitative estimate of drug-likeness (QED) is 0.344. The maximum atomic E-state index is 14.1. The summed E-state index contributed by atoms with van der Waals surface area (Å²) < 4.78 is 48.5. The molecule has 2 aromatic carbocycles. The molecule has 1 N–H and O–H groups in total. The molecule has 0 amide bonds. The van der Waals surface area contributed by atoms with Crippen LogP contribution in [0.15, 0.2) is 59.6 Å². The van der Waals surface area contributed by atoms with Crippen molar-refractivity contribution in [3.8, 4) is 21.8 Å². The van der Waals surface area contributed by atoms with Crippen molar-refractivity contribution in [3.63, 3.8) is 0 Å². The zero-order valence-corrected chi connectivity index (χ0v) is 20.5. The molecular formula is C23H18ClF2N5O2S2. The number of hydrogen-bond donors (Lipinski definition) is 1. The fourth-order valence-corrected chi connectivity index (χ4v) is 5.71. The van der Waals surface area contributed by atoms with Crippen molar-refractivity contribution >= 4 is 44.7 Å². The molecule has 12 heteroatoms. The lowest BCUT2D eigenvalue weighted by atomic mass is 10.1. The Balaban J connectivity index is 1.51. The van der Waals surface area contributed by atoms with E-state index in [2.05, 4.69) is 19.6 Å². The fourth-order valence-electron chi connectivity index (χ4n) is 3.54. The molecule has 1 saturated heterocycles. The van der Waals surface area contributed by atoms with Crippen molar-refractivity contribution in [2.24, 2.45) is 0 Å². The summed E-state index contributed by atoms with van der Waals surface area (Å²) in [5.41, 5.74) is 2.47. The standard InChI is InChI=1S/C23H18ClF2N5O2S2/c24-22-27-7-6-18(28-22)21-20(29-23(34-21)31-8-10-33-11-9-31)14-2-1-3-16(12-14)30-35(32)19-13-15(25)4-5-17(19)26/h1-7,12-13,30H,8-11H2. The van der Waals surface area contributed by atoms with Crippen molar-refractivity contribution in [1.82, 2.24) is 15.0 Å². The summed E-state index contributed by atoms with van der Waals surface area (Å²) in [6, 6.07) is 11.7. The highest BCUT2D eigenvalue weighted by Crippen LogP contribution is 2.40. The van der Waals surface area contributed by atoms with Crippen LogP contribution in [0.3, 0.4) is 0 Å². The van der Waals surface area contributed by atoms with Crippen LogP contribution in [0.4, 0.5) is 19.6 Å². The van der Waals surface area contributed by atoms with E-state index in [4.69, 9.17) is 21.3 Å². The van der Waals surface area contributed by atoms with E-state index in [0.29, 0.717) is 30.3 Å². The van der Waals surface area contributed by atoms with Crippen LogP contribution in [0, 0.1) is 11.6 Å². The number of halogens is 3. The fraction of sp³-hybridized carbons (Fsp3) is 0.174. The van der Waals surface area contributed by atoms with Crippen molar-refractivity contribution in [2.45, 2.75) is 4.90 Å². The van der Waals surface area contributed by atoms with Gasteiger partial charge < -0.3 is 14.4 Å². The summed E-state index contributed by atoms with van der Waals surface area (Å²) in [7, 11) is -2.01. The first kappa shape index (κ1) is 23.7. The van der Waals surface area contributed by atoms with E-state index in [1.54, 1.807) is 30.5 Å². The molecule has 1 unspecified atom stereocenters. The molecule has 0 radical (unpaired) electrons. The van der Waals surface area contributed by atoms with E-state index in [-0.39, 0.29) is 10.2 Å². The second kappa shape index (κ2) is 10.3. The largest absolute Gasteiger partial charge is 0.378 e. The van der Waals surface area contributed by atoms with Gasteiger partial charge in [0, 0.05) is 30.5 Å². The SMILES string of the molecule is O=S(Nc1cccc(-c2nc(N3CCOCC3)sc2-c2ccnc(Cl)n2)c1)c1cc(F)ccc1F. The summed E-state index contributed by atoms with van der Waals surface area (Å²) >= 11 is 7.53. The average molecular weight is 534 g/mol. The molecule has 3 heterocycles. The van der Waals surface area contributed by atoms with Crippen LogP contribution >= 0.6 is 22.9 Å². The van der Waals surface area contributed by atoms with Crippen LogP contribution in [0.1, 0.15) is 0 Å². The lowest BCUT2D eigenvalue weighted by Gasteiger charge is -2.26. The molecule has 0 aliphatic carbocycles. The van der Waals surface area contributed by atoms with E-state index in [9.17, 15) is 13.0 Å². The Bertz CT molecular complexity index is 1400. The summed E-state index contributed by atoms with van der Waals surface area (Å²) in [5, 5.41) is 0.939. The highest BCUT2D eigenvalue weighted by atomic mass is 35.5. The molecule has 7 nitrogen and oxygen atoms in total. The number of thiazole rings is 1. The van der Waals surface area contributed by atoms with Gasteiger partial charge in [-0.15, -0.1) is 0 Å². The predicted octanol–water partition coefficient (Wildman–Crippen LogP) is 5.17. The second-order valence-corrected chi connectivity index (χ2v) is 10.0. The Kier molecular flexibility index (Phi) is 7.00. The number of hydrogen-bond acceptors (Lipinski definition) is 7. The van der Waals surface area contributed by atoms with Gasteiger partial charge in [-0.2, -0.15) is 0 Å². The number of morpholine rings is 1. The van der Waals surface area contributed by atoms with Crippen LogP contribution in [0.25, 0.3) is 21.8 Å². The van der Waals surface area contributed by atoms with Crippen LogP contribution in [0.2, 0.25) is 5.28 Å². The topological polar surface area (TPSA) is 80.2 Å². The van der Waals surface area contributed by atoms with E-state index >= 15 is 0 Å². The van der Waals surface area contributed by atoms with Crippen molar-refractivity contribution in [3.05, 3.63) is 71.6 Å². The van der Waals surface area contributed by atoms with Gasteiger partial charge >= 0.3 is 0 Å². The third kappa shape index (κ3) is 5.32. The molecule has 2 aromatic heterocycles. The summed E-state index contributed by atoms with van der Waals surface area (Å²) in [4.78, 5) is 15.9. The Hall–Kier alpha value is -2.99. The normalized spacial score (nSPS) is 14.7. The minimum atomic E-state index is -2.01. The van der Waals surface area contributed by atoms with Gasteiger partial charge in [0.15, 0.2) is 16.1 Å². The molecule has 35 heavy (non-hydrogen) atoms. The van der Waals surface area contributed by atoms with Crippen molar-refractivity contribution in [2.75, 3.05) is 35.9 Å². The summed E-state index contributed by atoms with van der Waals surface area (Å²) in [6.45, 7) is 2.67. The van der Waals surface area contributed by atoms with E-state index in [1.807, 2.05) is 6.07 Å². The number of ether oxygens (including phenoxy) is 1. The average Bonchev–Trinajstić information content (AvgIpc) is 3.32. The zero-order valence-electron chi connectivity index (χ0n) is 18.1. The number of nitrogens with zero attached hydrogens (tertiary/aromatic N) is 4. The Morgan fingerprint density at radius 1 is 1.09 bits per heavy atom. The molecule has 1 fully saturated rings. The van der Waals surface area contributed by atoms with Gasteiger partial charge in [-0.3, -0.25) is 0 Å². The summed E-state index contributed by atoms with van der Waals surface area (Å²) in [6.07, 6.45) is 1.58. The Morgan fingerprint density at radius 3 is 2.71 bits per heavy atom. The molecular weight excluding hydrogens is 516 g/mol. The number of benzene rings is 2. The lowest BCUT2D eigenvalue weighted by molar-refractivity contribution is 0.122. The first-order valence-electron chi connectivity index (χ1n) is 10.5. The Morgan fingerprint density at radius 2 is 1.91 bits per heavy atom. The van der Waals surface area contributed by atoms with Crippen LogP contribution in [0.5, 0.6) is 0 Å². The van der Waals surface area contributed by atoms with Crippen LogP contribution in [-0.4, -0.2) is 45.5 Å². The highest BCUT2D eigenvalue weighted by Gasteiger charge is 2.22. The van der Waals surface area contributed by atoms with Gasteiger partial charge in [0.25, 0.3) is 0 Å². The van der Waals surface area contributed by atoms with Gasteiger partial charge in [-0.1, -0.05) is 23.5 Å². The number of anilines is 2. The first-order valence-corrected chi connectivity index (χ1v) is 12.9. The molecule has 1 atom stereocenters. The van der Waals surface area contributed by atoms with Crippen molar-refractivity contribution in [1.29, 1.82) is 0 Å². The zero-order chi connectivity index (χ0) is 24.4. The molecule has 4 aromatic rings. The molecule has 1 aliphatic heterocycles. The minimum absolute atomic E-state index is 0.123. The van der Waals surface area contributed by atoms with E-state index < -0.39 is 22.6 Å². The van der Waals surface area contributed by atoms with Crippen LogP contribution < -0.4 is 9.62 Å². The van der Waals surface area contributed by atoms with E-state index in [0.717, 1.165) is 46.9 Å². The maximum absolute atomic E-state index is 14.1. The lowest BCUT2D eigenvalue weighted by Crippen LogP contribution is -2.36. The van der Waals surface area contributed by atoms with Gasteiger partial charge in [0.2, 0.25) is 5.28 Å². The minimum Gasteiger partial charge on any atom is -0.378 e. The third-order valence-electron chi connectivity index (χ3n) is 5.20. The maximum Gasteiger partial charge on any atom is 0.222 e. The first-order chi connectivity index (χ1) is 17.0. The predicted molar refractivity (Wildman–Crippen MR) is 133 cm³/mol. The van der Waals surface area contributed by atoms with Gasteiger partial charge in [0.05, 0.1) is 34.4 Å². The Labute approximate surface area is 211 Å². The molecule has 0 bridgehead atoms. The highest BCUT2D eigenvalue weighted by molar-refractivity contribution is 7.86. The smallest absolute Gasteiger partial charge is 0.222 e. The number of aromatic nitrogens is 3. The summed E-state index contributed by atoms with van der Waals surface area (Å²) in [5.74, 6) is -1.43. The molecule has 180 valence electrons. The van der Waals surface area contributed by atoms with Gasteiger partial charge in [-0.25, -0.2) is 27.9 Å². The van der Waals surface area contributed by atoms with Gasteiger partial charge in [0.1, 0.15) is 11.6 Å². The van der Waals surface area contributed by atoms with E-state index in [1.165, 1.54) is 11.3 Å². The monoisotopic (exact) mass is 533 g/mol. The molecule has 5 rings (SSSR count). The number of rotatable bonds is 6. The molecule has 0 saturated carbocycles. The van der Waals surface area contributed by atoms with Crippen molar-refractivity contribution < 1.29 is 17.7 Å². The van der Waals surface area contributed by atoms with Gasteiger partial charge in [-0.05, 0) is 48.0 Å². The third-order valence-corrected chi connectivity index (χ3v) is 7.65. The number of nitrogens with one attached hydrogen (secondary N) is 1. The molecule has 0 spiro atoms. The van der Waals surface area contributed by atoms with Crippen LogP contribution in [-0.2, 0) is 15.7 Å². The second-order valence-electron chi connectivity index (χ2n) is 7.51.